The molecule has 68 valence electrons. The molecule has 0 aliphatic carbocycles. The molecule has 0 bridgehead atoms. The molecule has 0 saturated carbocycles. The van der Waals surface area contributed by atoms with E-state index >= 15 is 0 Å². The molecule has 0 fully saturated rings. The van der Waals surface area contributed by atoms with Gasteiger partial charge in [0, 0.05) is 6.54 Å². The van der Waals surface area contributed by atoms with Gasteiger partial charge in [-0.25, -0.2) is 4.68 Å². The number of aliphatic hydroxyl groups is 2. The standard InChI is InChI=1S/C6H12N4O2/c7-1-5-2-8-9-10(5)3-6(12)4-11/h2,6,11-12H,1,3-4,7H2. The van der Waals surface area contributed by atoms with Crippen molar-refractivity contribution in [2.45, 2.75) is 19.2 Å². The Labute approximate surface area is 69.6 Å². The van der Waals surface area contributed by atoms with Gasteiger partial charge < -0.3 is 15.9 Å². The van der Waals surface area contributed by atoms with Crippen molar-refractivity contribution >= 4 is 0 Å². The Kier molecular flexibility index (Phi) is 3.15. The zero-order chi connectivity index (χ0) is 8.97. The van der Waals surface area contributed by atoms with Crippen molar-refractivity contribution in [2.75, 3.05) is 6.61 Å². The van der Waals surface area contributed by atoms with Gasteiger partial charge in [0.05, 0.1) is 31.1 Å². The minimum absolute atomic E-state index is 0.225. The lowest BCUT2D eigenvalue weighted by atomic mass is 10.3. The highest BCUT2D eigenvalue weighted by atomic mass is 16.3. The fourth-order valence-corrected chi connectivity index (χ4v) is 0.848. The van der Waals surface area contributed by atoms with Gasteiger partial charge in [0.15, 0.2) is 0 Å². The van der Waals surface area contributed by atoms with E-state index in [4.69, 9.17) is 15.9 Å². The minimum Gasteiger partial charge on any atom is -0.394 e. The summed E-state index contributed by atoms with van der Waals surface area (Å²) in [5.74, 6) is 0. The number of nitrogens with zero attached hydrogens (tertiary/aromatic N) is 3. The molecular formula is C6H12N4O2. The van der Waals surface area contributed by atoms with Gasteiger partial charge in [0.25, 0.3) is 0 Å². The zero-order valence-electron chi connectivity index (χ0n) is 6.59. The van der Waals surface area contributed by atoms with Crippen LogP contribution in [0, 0.1) is 0 Å². The van der Waals surface area contributed by atoms with Crippen molar-refractivity contribution in [2.24, 2.45) is 5.73 Å². The fraction of sp³-hybridized carbons (Fsp3) is 0.667. The molecule has 6 heteroatoms. The Morgan fingerprint density at radius 1 is 1.67 bits per heavy atom. The summed E-state index contributed by atoms with van der Waals surface area (Å²) in [5.41, 5.74) is 6.11. The van der Waals surface area contributed by atoms with E-state index in [2.05, 4.69) is 10.3 Å². The van der Waals surface area contributed by atoms with Gasteiger partial charge >= 0.3 is 0 Å². The van der Waals surface area contributed by atoms with Crippen LogP contribution in [0.2, 0.25) is 0 Å². The van der Waals surface area contributed by atoms with Crippen molar-refractivity contribution in [3.8, 4) is 0 Å². The van der Waals surface area contributed by atoms with Crippen LogP contribution in [-0.2, 0) is 13.1 Å². The molecule has 0 aliphatic heterocycles. The average molecular weight is 172 g/mol. The van der Waals surface area contributed by atoms with Gasteiger partial charge in [-0.2, -0.15) is 0 Å². The molecule has 1 aromatic rings. The molecule has 4 N–H and O–H groups in total. The second-order valence-electron chi connectivity index (χ2n) is 2.45. The van der Waals surface area contributed by atoms with Gasteiger partial charge in [0.1, 0.15) is 0 Å². The summed E-state index contributed by atoms with van der Waals surface area (Å²) in [4.78, 5) is 0. The third-order valence-electron chi connectivity index (χ3n) is 1.50. The number of nitrogens with two attached hydrogens (primary N) is 1. The molecule has 1 aromatic heterocycles. The van der Waals surface area contributed by atoms with E-state index in [0.717, 1.165) is 5.69 Å². The molecule has 1 heterocycles. The molecule has 6 nitrogen and oxygen atoms in total. The molecular weight excluding hydrogens is 160 g/mol. The van der Waals surface area contributed by atoms with E-state index in [1.807, 2.05) is 0 Å². The predicted molar refractivity (Wildman–Crippen MR) is 41.0 cm³/mol. The first kappa shape index (κ1) is 9.11. The maximum atomic E-state index is 9.07. The highest BCUT2D eigenvalue weighted by molar-refractivity contribution is 4.92. The maximum Gasteiger partial charge on any atom is 0.0967 e. The van der Waals surface area contributed by atoms with Crippen molar-refractivity contribution in [3.63, 3.8) is 0 Å². The van der Waals surface area contributed by atoms with E-state index in [0.29, 0.717) is 6.54 Å². The van der Waals surface area contributed by atoms with Gasteiger partial charge in [0.2, 0.25) is 0 Å². The third kappa shape index (κ3) is 2.00. The van der Waals surface area contributed by atoms with E-state index in [-0.39, 0.29) is 13.2 Å². The van der Waals surface area contributed by atoms with Crippen LogP contribution in [0.1, 0.15) is 5.69 Å². The topological polar surface area (TPSA) is 97.2 Å². The quantitative estimate of drug-likeness (QED) is 0.492. The summed E-state index contributed by atoms with van der Waals surface area (Å²) in [5, 5.41) is 24.9. The van der Waals surface area contributed by atoms with Crippen molar-refractivity contribution in [1.29, 1.82) is 0 Å². The molecule has 0 aromatic carbocycles. The normalized spacial score (nSPS) is 13.2. The van der Waals surface area contributed by atoms with E-state index in [9.17, 15) is 0 Å². The van der Waals surface area contributed by atoms with E-state index in [1.54, 1.807) is 0 Å². The number of aromatic nitrogens is 3. The van der Waals surface area contributed by atoms with E-state index in [1.165, 1.54) is 10.9 Å². The maximum absolute atomic E-state index is 9.07. The molecule has 1 atom stereocenters. The summed E-state index contributed by atoms with van der Waals surface area (Å²) in [7, 11) is 0. The largest absolute Gasteiger partial charge is 0.394 e. The number of hydrogen-bond donors (Lipinski definition) is 3. The van der Waals surface area contributed by atoms with Gasteiger partial charge in [-0.05, 0) is 0 Å². The van der Waals surface area contributed by atoms with Crippen LogP contribution in [0.4, 0.5) is 0 Å². The average Bonchev–Trinajstić information content (AvgIpc) is 2.51. The summed E-state index contributed by atoms with van der Waals surface area (Å²) in [6, 6.07) is 0. The SMILES string of the molecule is NCc1cnnn1CC(O)CO. The highest BCUT2D eigenvalue weighted by Gasteiger charge is 2.07. The monoisotopic (exact) mass is 172 g/mol. The summed E-state index contributed by atoms with van der Waals surface area (Å²) in [6.07, 6.45) is 0.724. The van der Waals surface area contributed by atoms with E-state index < -0.39 is 6.10 Å². The lowest BCUT2D eigenvalue weighted by molar-refractivity contribution is 0.0770. The van der Waals surface area contributed by atoms with Crippen molar-refractivity contribution in [1.82, 2.24) is 15.0 Å². The zero-order valence-corrected chi connectivity index (χ0v) is 6.59. The Morgan fingerprint density at radius 3 is 3.00 bits per heavy atom. The van der Waals surface area contributed by atoms with Crippen LogP contribution in [0.15, 0.2) is 6.20 Å². The molecule has 0 amide bonds. The summed E-state index contributed by atoms with van der Waals surface area (Å²) < 4.78 is 1.47. The molecule has 12 heavy (non-hydrogen) atoms. The number of aliphatic hydroxyl groups excluding tert-OH is 2. The second-order valence-corrected chi connectivity index (χ2v) is 2.45. The van der Waals surface area contributed by atoms with Crippen LogP contribution in [-0.4, -0.2) is 37.9 Å². The minimum atomic E-state index is -0.808. The predicted octanol–water partition coefficient (Wildman–Crippen LogP) is -1.91. The molecule has 1 rings (SSSR count). The Balaban J connectivity index is 2.61. The fourth-order valence-electron chi connectivity index (χ4n) is 0.848. The van der Waals surface area contributed by atoms with Crippen molar-refractivity contribution < 1.29 is 10.2 Å². The van der Waals surface area contributed by atoms with Gasteiger partial charge in [-0.3, -0.25) is 0 Å². The second kappa shape index (κ2) is 4.15. The lowest BCUT2D eigenvalue weighted by Crippen LogP contribution is -2.22. The lowest BCUT2D eigenvalue weighted by Gasteiger charge is -2.07. The highest BCUT2D eigenvalue weighted by Crippen LogP contribution is 1.96. The van der Waals surface area contributed by atoms with Crippen LogP contribution in [0.3, 0.4) is 0 Å². The Bertz CT molecular complexity index is 237. The molecule has 0 radical (unpaired) electrons. The molecule has 0 spiro atoms. The van der Waals surface area contributed by atoms with Crippen molar-refractivity contribution in [3.05, 3.63) is 11.9 Å². The number of hydrogen-bond acceptors (Lipinski definition) is 5. The summed E-state index contributed by atoms with van der Waals surface area (Å²) >= 11 is 0. The molecule has 0 saturated heterocycles. The van der Waals surface area contributed by atoms with Crippen LogP contribution >= 0.6 is 0 Å². The molecule has 0 aliphatic rings. The number of rotatable bonds is 4. The molecule has 1 unspecified atom stereocenters. The Morgan fingerprint density at radius 2 is 2.42 bits per heavy atom. The van der Waals surface area contributed by atoms with Crippen LogP contribution in [0.25, 0.3) is 0 Å². The summed E-state index contributed by atoms with van der Waals surface area (Å²) in [6.45, 7) is 0.262. The van der Waals surface area contributed by atoms with Crippen LogP contribution < -0.4 is 5.73 Å². The van der Waals surface area contributed by atoms with Gasteiger partial charge in [-0.15, -0.1) is 5.10 Å². The smallest absolute Gasteiger partial charge is 0.0967 e. The first-order valence-corrected chi connectivity index (χ1v) is 3.64. The Hall–Kier alpha value is -0.980. The first-order valence-electron chi connectivity index (χ1n) is 3.64. The third-order valence-corrected chi connectivity index (χ3v) is 1.50. The first-order chi connectivity index (χ1) is 5.77. The van der Waals surface area contributed by atoms with Gasteiger partial charge in [-0.1, -0.05) is 5.21 Å². The van der Waals surface area contributed by atoms with Crippen LogP contribution in [0.5, 0.6) is 0 Å².